The highest BCUT2D eigenvalue weighted by Crippen LogP contribution is 2.11. The monoisotopic (exact) mass is 286 g/mol. The van der Waals surface area contributed by atoms with E-state index in [0.717, 1.165) is 11.1 Å². The van der Waals surface area contributed by atoms with Gasteiger partial charge in [0.05, 0.1) is 6.42 Å². The van der Waals surface area contributed by atoms with Crippen LogP contribution >= 0.6 is 0 Å². The van der Waals surface area contributed by atoms with Gasteiger partial charge in [-0.1, -0.05) is 42.5 Å². The van der Waals surface area contributed by atoms with Gasteiger partial charge in [-0.25, -0.2) is 4.39 Å². The second kappa shape index (κ2) is 6.99. The summed E-state index contributed by atoms with van der Waals surface area (Å²) in [6.45, 7) is 0.758. The second-order valence-electron chi connectivity index (χ2n) is 5.04. The Hall–Kier alpha value is -2.20. The molecule has 2 aromatic carbocycles. The molecule has 0 aromatic heterocycles. The minimum absolute atomic E-state index is 0.0428. The summed E-state index contributed by atoms with van der Waals surface area (Å²) >= 11 is 0. The maximum atomic E-state index is 13.6. The fraction of sp³-hybridized carbons (Fsp3) is 0.235. The smallest absolute Gasteiger partial charge is 0.227 e. The minimum Gasteiger partial charge on any atom is -0.341 e. The van der Waals surface area contributed by atoms with Gasteiger partial charge in [-0.2, -0.15) is 0 Å². The first-order valence-electron chi connectivity index (χ1n) is 6.85. The largest absolute Gasteiger partial charge is 0.341 e. The highest BCUT2D eigenvalue weighted by Gasteiger charge is 2.12. The Morgan fingerprint density at radius 3 is 2.33 bits per heavy atom. The lowest BCUT2D eigenvalue weighted by Gasteiger charge is -2.17. The van der Waals surface area contributed by atoms with Crippen molar-refractivity contribution in [2.45, 2.75) is 19.5 Å². The Bertz CT molecular complexity index is 610. The van der Waals surface area contributed by atoms with Gasteiger partial charge in [-0.15, -0.1) is 0 Å². The van der Waals surface area contributed by atoms with Crippen molar-refractivity contribution in [3.63, 3.8) is 0 Å². The Morgan fingerprint density at radius 2 is 1.71 bits per heavy atom. The van der Waals surface area contributed by atoms with E-state index in [2.05, 4.69) is 0 Å². The van der Waals surface area contributed by atoms with Gasteiger partial charge >= 0.3 is 0 Å². The summed E-state index contributed by atoms with van der Waals surface area (Å²) < 4.78 is 13.6. The summed E-state index contributed by atoms with van der Waals surface area (Å²) in [6, 6.07) is 14.1. The molecule has 0 radical (unpaired) electrons. The van der Waals surface area contributed by atoms with Crippen LogP contribution in [-0.4, -0.2) is 17.9 Å². The number of likely N-dealkylation sites (N-methyl/N-ethyl adjacent to an activating group) is 1. The molecular formula is C17H19FN2O. The molecule has 0 aliphatic carbocycles. The van der Waals surface area contributed by atoms with Crippen LogP contribution in [0.2, 0.25) is 0 Å². The number of hydrogen-bond donors (Lipinski definition) is 1. The van der Waals surface area contributed by atoms with Crippen LogP contribution < -0.4 is 5.73 Å². The number of hydrogen-bond acceptors (Lipinski definition) is 2. The Morgan fingerprint density at radius 1 is 1.10 bits per heavy atom. The molecule has 0 atom stereocenters. The zero-order valence-corrected chi connectivity index (χ0v) is 12.1. The standard InChI is InChI=1S/C17H19FN2O/c1-20(12-15-4-2-3-5-16(15)18)17(21)10-13-6-8-14(11-19)9-7-13/h2-9H,10-12,19H2,1H3. The average Bonchev–Trinajstić information content (AvgIpc) is 2.50. The lowest BCUT2D eigenvalue weighted by atomic mass is 10.1. The summed E-state index contributed by atoms with van der Waals surface area (Å²) in [5, 5.41) is 0. The van der Waals surface area contributed by atoms with E-state index in [0.29, 0.717) is 18.5 Å². The SMILES string of the molecule is CN(Cc1ccccc1F)C(=O)Cc1ccc(CN)cc1. The van der Waals surface area contributed by atoms with Gasteiger partial charge in [-0.3, -0.25) is 4.79 Å². The first-order chi connectivity index (χ1) is 10.1. The third-order valence-electron chi connectivity index (χ3n) is 3.41. The van der Waals surface area contributed by atoms with E-state index in [1.165, 1.54) is 11.0 Å². The normalized spacial score (nSPS) is 10.4. The Kier molecular flexibility index (Phi) is 5.06. The van der Waals surface area contributed by atoms with Crippen molar-refractivity contribution in [1.82, 2.24) is 4.90 Å². The summed E-state index contributed by atoms with van der Waals surface area (Å²) in [5.41, 5.74) is 8.02. The highest BCUT2D eigenvalue weighted by molar-refractivity contribution is 5.78. The van der Waals surface area contributed by atoms with Gasteiger partial charge in [0, 0.05) is 25.7 Å². The number of carbonyl (C=O) groups excluding carboxylic acids is 1. The van der Waals surface area contributed by atoms with Crippen molar-refractivity contribution < 1.29 is 9.18 Å². The van der Waals surface area contributed by atoms with Crippen molar-refractivity contribution in [2.75, 3.05) is 7.05 Å². The van der Waals surface area contributed by atoms with Gasteiger partial charge in [0.15, 0.2) is 0 Å². The molecule has 0 heterocycles. The summed E-state index contributed by atoms with van der Waals surface area (Å²) in [6.07, 6.45) is 0.301. The van der Waals surface area contributed by atoms with Crippen LogP contribution in [0.4, 0.5) is 4.39 Å². The van der Waals surface area contributed by atoms with Crippen LogP contribution in [0, 0.1) is 5.82 Å². The Labute approximate surface area is 124 Å². The number of rotatable bonds is 5. The molecule has 4 heteroatoms. The molecule has 0 aliphatic rings. The molecule has 2 rings (SSSR count). The van der Waals surface area contributed by atoms with Gasteiger partial charge in [0.25, 0.3) is 0 Å². The molecule has 0 fully saturated rings. The van der Waals surface area contributed by atoms with Crippen molar-refractivity contribution in [3.8, 4) is 0 Å². The van der Waals surface area contributed by atoms with E-state index >= 15 is 0 Å². The van der Waals surface area contributed by atoms with Gasteiger partial charge < -0.3 is 10.6 Å². The van der Waals surface area contributed by atoms with Gasteiger partial charge in [0.2, 0.25) is 5.91 Å². The first kappa shape index (κ1) is 15.2. The highest BCUT2D eigenvalue weighted by atomic mass is 19.1. The molecule has 0 spiro atoms. The number of amides is 1. The van der Waals surface area contributed by atoms with Crippen LogP contribution in [0.5, 0.6) is 0 Å². The van der Waals surface area contributed by atoms with Crippen LogP contribution in [0.25, 0.3) is 0 Å². The summed E-state index contributed by atoms with van der Waals surface area (Å²) in [7, 11) is 1.68. The van der Waals surface area contributed by atoms with E-state index in [1.54, 1.807) is 25.2 Å². The molecule has 0 saturated carbocycles. The quantitative estimate of drug-likeness (QED) is 0.918. The maximum absolute atomic E-state index is 13.6. The second-order valence-corrected chi connectivity index (χ2v) is 5.04. The van der Waals surface area contributed by atoms with E-state index < -0.39 is 0 Å². The summed E-state index contributed by atoms with van der Waals surface area (Å²) in [4.78, 5) is 13.7. The van der Waals surface area contributed by atoms with Crippen molar-refractivity contribution in [2.24, 2.45) is 5.73 Å². The predicted molar refractivity (Wildman–Crippen MR) is 80.9 cm³/mol. The van der Waals surface area contributed by atoms with Crippen molar-refractivity contribution >= 4 is 5.91 Å². The van der Waals surface area contributed by atoms with Crippen LogP contribution in [0.15, 0.2) is 48.5 Å². The molecule has 2 aromatic rings. The molecule has 1 amide bonds. The van der Waals surface area contributed by atoms with Crippen LogP contribution in [0.3, 0.4) is 0 Å². The molecule has 0 aliphatic heterocycles. The number of nitrogens with two attached hydrogens (primary N) is 1. The zero-order valence-electron chi connectivity index (χ0n) is 12.1. The molecule has 110 valence electrons. The first-order valence-corrected chi connectivity index (χ1v) is 6.85. The number of carbonyl (C=O) groups is 1. The number of benzene rings is 2. The molecular weight excluding hydrogens is 267 g/mol. The molecule has 0 unspecified atom stereocenters. The Balaban J connectivity index is 1.97. The fourth-order valence-electron chi connectivity index (χ4n) is 2.07. The molecule has 0 saturated heterocycles. The molecule has 21 heavy (non-hydrogen) atoms. The zero-order chi connectivity index (χ0) is 15.2. The van der Waals surface area contributed by atoms with E-state index in [-0.39, 0.29) is 18.3 Å². The van der Waals surface area contributed by atoms with E-state index in [1.807, 2.05) is 24.3 Å². The third kappa shape index (κ3) is 4.13. The molecule has 2 N–H and O–H groups in total. The minimum atomic E-state index is -0.288. The van der Waals surface area contributed by atoms with E-state index in [9.17, 15) is 9.18 Å². The third-order valence-corrected chi connectivity index (χ3v) is 3.41. The van der Waals surface area contributed by atoms with E-state index in [4.69, 9.17) is 5.73 Å². The van der Waals surface area contributed by atoms with Crippen molar-refractivity contribution in [1.29, 1.82) is 0 Å². The molecule has 3 nitrogen and oxygen atoms in total. The fourth-order valence-corrected chi connectivity index (χ4v) is 2.07. The van der Waals surface area contributed by atoms with Crippen LogP contribution in [-0.2, 0) is 24.3 Å². The maximum Gasteiger partial charge on any atom is 0.227 e. The lowest BCUT2D eigenvalue weighted by Crippen LogP contribution is -2.28. The predicted octanol–water partition coefficient (Wildman–Crippen LogP) is 2.49. The topological polar surface area (TPSA) is 46.3 Å². The average molecular weight is 286 g/mol. The van der Waals surface area contributed by atoms with Gasteiger partial charge in [0.1, 0.15) is 5.82 Å². The summed E-state index contributed by atoms with van der Waals surface area (Å²) in [5.74, 6) is -0.330. The molecule has 0 bridgehead atoms. The number of nitrogens with zero attached hydrogens (tertiary/aromatic N) is 1. The van der Waals surface area contributed by atoms with Crippen molar-refractivity contribution in [3.05, 3.63) is 71.0 Å². The lowest BCUT2D eigenvalue weighted by molar-refractivity contribution is -0.129. The van der Waals surface area contributed by atoms with Gasteiger partial charge in [-0.05, 0) is 17.2 Å². The van der Waals surface area contributed by atoms with Crippen LogP contribution in [0.1, 0.15) is 16.7 Å². The number of halogens is 1.